The monoisotopic (exact) mass is 385 g/mol. The number of benzene rings is 1. The standard InChI is InChI=1S/C22H31N3OS/c1-17-12-10-11-13-18(17)23-16-21(26)25-22-24-19-14-8-6-4-2-3-5-7-9-15-20(19)27-22/h10-13,23H,2-9,14-16H2,1H3,(H,24,25,26). The number of aromatic nitrogens is 1. The van der Waals surface area contributed by atoms with Gasteiger partial charge in [0.25, 0.3) is 0 Å². The number of thiazole rings is 1. The average molecular weight is 386 g/mol. The third kappa shape index (κ3) is 6.35. The Morgan fingerprint density at radius 2 is 1.67 bits per heavy atom. The topological polar surface area (TPSA) is 54.0 Å². The first-order valence-electron chi connectivity index (χ1n) is 10.3. The van der Waals surface area contributed by atoms with Gasteiger partial charge in [0.2, 0.25) is 5.91 Å². The lowest BCUT2D eigenvalue weighted by atomic mass is 10.0. The van der Waals surface area contributed by atoms with Crippen LogP contribution in [-0.4, -0.2) is 17.4 Å². The van der Waals surface area contributed by atoms with Gasteiger partial charge in [0.05, 0.1) is 12.2 Å². The molecule has 146 valence electrons. The van der Waals surface area contributed by atoms with Crippen molar-refractivity contribution < 1.29 is 4.79 Å². The van der Waals surface area contributed by atoms with Gasteiger partial charge in [-0.3, -0.25) is 4.79 Å². The van der Waals surface area contributed by atoms with Crippen molar-refractivity contribution in [1.29, 1.82) is 0 Å². The zero-order valence-corrected chi connectivity index (χ0v) is 17.2. The second-order valence-electron chi connectivity index (χ2n) is 7.43. The second kappa shape index (κ2) is 10.5. The lowest BCUT2D eigenvalue weighted by molar-refractivity contribution is -0.114. The molecular weight excluding hydrogens is 354 g/mol. The molecule has 1 aromatic heterocycles. The van der Waals surface area contributed by atoms with E-state index < -0.39 is 0 Å². The summed E-state index contributed by atoms with van der Waals surface area (Å²) >= 11 is 1.67. The maximum absolute atomic E-state index is 12.3. The van der Waals surface area contributed by atoms with Crippen molar-refractivity contribution in [3.63, 3.8) is 0 Å². The van der Waals surface area contributed by atoms with E-state index in [-0.39, 0.29) is 12.5 Å². The average Bonchev–Trinajstić information content (AvgIpc) is 3.02. The van der Waals surface area contributed by atoms with Crippen LogP contribution in [0.15, 0.2) is 24.3 Å². The Hall–Kier alpha value is -1.88. The number of carbonyl (C=O) groups excluding carboxylic acids is 1. The highest BCUT2D eigenvalue weighted by Gasteiger charge is 2.13. The molecule has 0 radical (unpaired) electrons. The molecule has 0 bridgehead atoms. The Labute approximate surface area is 166 Å². The first-order valence-corrected chi connectivity index (χ1v) is 11.1. The summed E-state index contributed by atoms with van der Waals surface area (Å²) < 4.78 is 0. The molecule has 0 fully saturated rings. The zero-order chi connectivity index (χ0) is 18.9. The molecule has 0 saturated carbocycles. The zero-order valence-electron chi connectivity index (χ0n) is 16.4. The van der Waals surface area contributed by atoms with Crippen LogP contribution in [0.1, 0.15) is 67.5 Å². The number of nitrogens with one attached hydrogen (secondary N) is 2. The fourth-order valence-electron chi connectivity index (χ4n) is 3.58. The van der Waals surface area contributed by atoms with Crippen LogP contribution in [0.5, 0.6) is 0 Å². The predicted octanol–water partition coefficient (Wildman–Crippen LogP) is 5.72. The molecule has 1 aliphatic rings. The van der Waals surface area contributed by atoms with Gasteiger partial charge in [-0.2, -0.15) is 0 Å². The number of aryl methyl sites for hydroxylation is 3. The molecule has 0 unspecified atom stereocenters. The second-order valence-corrected chi connectivity index (χ2v) is 8.52. The molecule has 0 aliphatic heterocycles. The molecule has 5 heteroatoms. The Morgan fingerprint density at radius 1 is 1.00 bits per heavy atom. The molecule has 3 rings (SSSR count). The van der Waals surface area contributed by atoms with Crippen molar-refractivity contribution in [2.45, 2.75) is 71.1 Å². The Bertz CT molecular complexity index is 711. The van der Waals surface area contributed by atoms with E-state index in [4.69, 9.17) is 4.98 Å². The number of hydrogen-bond donors (Lipinski definition) is 2. The Balaban J connectivity index is 1.57. The molecule has 1 amide bonds. The SMILES string of the molecule is Cc1ccccc1NCC(=O)Nc1nc2c(s1)CCCCCCCCCC2. The van der Waals surface area contributed by atoms with Crippen molar-refractivity contribution in [1.82, 2.24) is 4.98 Å². The third-order valence-corrected chi connectivity index (χ3v) is 6.25. The maximum atomic E-state index is 12.3. The van der Waals surface area contributed by atoms with Crippen LogP contribution in [-0.2, 0) is 17.6 Å². The van der Waals surface area contributed by atoms with Crippen LogP contribution in [0, 0.1) is 6.92 Å². The van der Waals surface area contributed by atoms with Gasteiger partial charge in [0.15, 0.2) is 5.13 Å². The largest absolute Gasteiger partial charge is 0.376 e. The number of amides is 1. The molecular formula is C22H31N3OS. The van der Waals surface area contributed by atoms with E-state index in [1.54, 1.807) is 11.3 Å². The summed E-state index contributed by atoms with van der Waals surface area (Å²) in [7, 11) is 0. The number of fused-ring (bicyclic) bond motifs is 1. The molecule has 0 saturated heterocycles. The maximum Gasteiger partial charge on any atom is 0.245 e. The van der Waals surface area contributed by atoms with E-state index in [9.17, 15) is 4.79 Å². The van der Waals surface area contributed by atoms with Gasteiger partial charge < -0.3 is 10.6 Å². The van der Waals surface area contributed by atoms with Crippen molar-refractivity contribution in [3.05, 3.63) is 40.4 Å². The third-order valence-electron chi connectivity index (χ3n) is 5.18. The minimum atomic E-state index is -0.0389. The molecule has 4 nitrogen and oxygen atoms in total. The molecule has 1 aliphatic carbocycles. The number of anilines is 2. The summed E-state index contributed by atoms with van der Waals surface area (Å²) in [4.78, 5) is 18.5. The van der Waals surface area contributed by atoms with Crippen LogP contribution in [0.2, 0.25) is 0 Å². The van der Waals surface area contributed by atoms with E-state index in [1.807, 2.05) is 31.2 Å². The van der Waals surface area contributed by atoms with E-state index >= 15 is 0 Å². The van der Waals surface area contributed by atoms with E-state index in [1.165, 1.54) is 61.9 Å². The van der Waals surface area contributed by atoms with E-state index in [2.05, 4.69) is 10.6 Å². The van der Waals surface area contributed by atoms with Gasteiger partial charge in [-0.15, -0.1) is 11.3 Å². The number of rotatable bonds is 4. The highest BCUT2D eigenvalue weighted by molar-refractivity contribution is 7.15. The summed E-state index contributed by atoms with van der Waals surface area (Å²) in [6, 6.07) is 8.01. The molecule has 0 atom stereocenters. The molecule has 2 N–H and O–H groups in total. The van der Waals surface area contributed by atoms with Crippen molar-refractivity contribution >= 4 is 28.1 Å². The van der Waals surface area contributed by atoms with Crippen LogP contribution in [0.4, 0.5) is 10.8 Å². The van der Waals surface area contributed by atoms with Crippen molar-refractivity contribution in [2.75, 3.05) is 17.2 Å². The lowest BCUT2D eigenvalue weighted by Gasteiger charge is -2.08. The molecule has 1 heterocycles. The Kier molecular flexibility index (Phi) is 7.69. The summed E-state index contributed by atoms with van der Waals surface area (Å²) in [5.41, 5.74) is 3.35. The molecule has 27 heavy (non-hydrogen) atoms. The highest BCUT2D eigenvalue weighted by atomic mass is 32.1. The first kappa shape index (κ1) is 19.9. The van der Waals surface area contributed by atoms with Crippen LogP contribution in [0.3, 0.4) is 0 Å². The lowest BCUT2D eigenvalue weighted by Crippen LogP contribution is -2.22. The first-order chi connectivity index (χ1) is 13.2. The molecule has 2 aromatic rings. The van der Waals surface area contributed by atoms with Crippen molar-refractivity contribution in [2.24, 2.45) is 0 Å². The van der Waals surface area contributed by atoms with Gasteiger partial charge in [-0.05, 0) is 44.2 Å². The number of nitrogens with zero attached hydrogens (tertiary/aromatic N) is 1. The minimum Gasteiger partial charge on any atom is -0.376 e. The minimum absolute atomic E-state index is 0.0389. The summed E-state index contributed by atoms with van der Waals surface area (Å²) in [6.07, 6.45) is 12.6. The normalized spacial score (nSPS) is 15.9. The molecule has 1 aromatic carbocycles. The van der Waals surface area contributed by atoms with Gasteiger partial charge >= 0.3 is 0 Å². The highest BCUT2D eigenvalue weighted by Crippen LogP contribution is 2.27. The molecule has 0 spiro atoms. The fraction of sp³-hybridized carbons (Fsp3) is 0.545. The number of para-hydroxylation sites is 1. The fourth-order valence-corrected chi connectivity index (χ4v) is 4.64. The van der Waals surface area contributed by atoms with Crippen molar-refractivity contribution in [3.8, 4) is 0 Å². The van der Waals surface area contributed by atoms with Gasteiger partial charge in [0.1, 0.15) is 0 Å². The number of hydrogen-bond acceptors (Lipinski definition) is 4. The van der Waals surface area contributed by atoms with Crippen LogP contribution < -0.4 is 10.6 Å². The van der Waals surface area contributed by atoms with Crippen LogP contribution in [0.25, 0.3) is 0 Å². The summed E-state index contributed by atoms with van der Waals surface area (Å²) in [6.45, 7) is 2.30. The number of carbonyl (C=O) groups is 1. The summed E-state index contributed by atoms with van der Waals surface area (Å²) in [5, 5.41) is 6.96. The van der Waals surface area contributed by atoms with E-state index in [0.717, 1.165) is 29.2 Å². The Morgan fingerprint density at radius 3 is 2.41 bits per heavy atom. The van der Waals surface area contributed by atoms with Crippen LogP contribution >= 0.6 is 11.3 Å². The quantitative estimate of drug-likeness (QED) is 0.707. The smallest absolute Gasteiger partial charge is 0.245 e. The predicted molar refractivity (Wildman–Crippen MR) is 115 cm³/mol. The summed E-state index contributed by atoms with van der Waals surface area (Å²) in [5.74, 6) is -0.0389. The van der Waals surface area contributed by atoms with Gasteiger partial charge in [-0.1, -0.05) is 56.7 Å². The van der Waals surface area contributed by atoms with E-state index in [0.29, 0.717) is 0 Å². The van der Waals surface area contributed by atoms with Gasteiger partial charge in [-0.25, -0.2) is 4.98 Å². The van der Waals surface area contributed by atoms with Gasteiger partial charge in [0, 0.05) is 10.6 Å².